The summed E-state index contributed by atoms with van der Waals surface area (Å²) in [4.78, 5) is 25.2. The van der Waals surface area contributed by atoms with E-state index in [0.29, 0.717) is 35.7 Å². The van der Waals surface area contributed by atoms with Crippen molar-refractivity contribution in [2.24, 2.45) is 0 Å². The van der Waals surface area contributed by atoms with Crippen LogP contribution in [-0.2, 0) is 11.3 Å². The van der Waals surface area contributed by atoms with Gasteiger partial charge in [-0.3, -0.25) is 9.78 Å². The molecule has 0 aliphatic heterocycles. The van der Waals surface area contributed by atoms with Gasteiger partial charge in [0.1, 0.15) is 0 Å². The van der Waals surface area contributed by atoms with Crippen LogP contribution in [0.15, 0.2) is 47.8 Å². The van der Waals surface area contributed by atoms with Crippen LogP contribution in [-0.4, -0.2) is 42.8 Å². The monoisotopic (exact) mass is 322 g/mol. The van der Waals surface area contributed by atoms with Gasteiger partial charge >= 0.3 is 0 Å². The first-order chi connectivity index (χ1) is 11.8. The third-order valence-electron chi connectivity index (χ3n) is 3.78. The zero-order chi connectivity index (χ0) is 16.5. The number of ether oxygens (including phenoxy) is 1. The largest absolute Gasteiger partial charge is 0.383 e. The third kappa shape index (κ3) is 2.33. The van der Waals surface area contributed by atoms with Crippen molar-refractivity contribution in [1.82, 2.24) is 29.1 Å². The number of aromatic nitrogens is 6. The molecule has 0 aliphatic carbocycles. The molecule has 8 nitrogen and oxygen atoms in total. The molecule has 0 bridgehead atoms. The Labute approximate surface area is 136 Å². The molecule has 0 saturated carbocycles. The summed E-state index contributed by atoms with van der Waals surface area (Å²) in [6.07, 6.45) is 6.64. The van der Waals surface area contributed by atoms with Crippen molar-refractivity contribution in [3.8, 4) is 11.4 Å². The Bertz CT molecular complexity index is 1070. The van der Waals surface area contributed by atoms with E-state index in [-0.39, 0.29) is 5.56 Å². The van der Waals surface area contributed by atoms with Gasteiger partial charge in [-0.2, -0.15) is 9.50 Å². The summed E-state index contributed by atoms with van der Waals surface area (Å²) >= 11 is 0. The highest BCUT2D eigenvalue weighted by Gasteiger charge is 2.12. The Kier molecular flexibility index (Phi) is 3.51. The second-order valence-electron chi connectivity index (χ2n) is 5.25. The van der Waals surface area contributed by atoms with E-state index in [1.54, 1.807) is 41.0 Å². The SMILES string of the molecule is COCCn1ccc2c(cnc3nc(-c4ccncc4)nn32)c1=O. The van der Waals surface area contributed by atoms with Crippen molar-refractivity contribution < 1.29 is 4.74 Å². The molecule has 24 heavy (non-hydrogen) atoms. The molecule has 0 fully saturated rings. The smallest absolute Gasteiger partial charge is 0.261 e. The third-order valence-corrected chi connectivity index (χ3v) is 3.78. The zero-order valence-corrected chi connectivity index (χ0v) is 13.0. The van der Waals surface area contributed by atoms with E-state index < -0.39 is 0 Å². The molecule has 8 heteroatoms. The van der Waals surface area contributed by atoms with Gasteiger partial charge in [0.15, 0.2) is 5.82 Å². The van der Waals surface area contributed by atoms with Gasteiger partial charge in [0.05, 0.1) is 17.5 Å². The van der Waals surface area contributed by atoms with Gasteiger partial charge in [0.2, 0.25) is 0 Å². The highest BCUT2D eigenvalue weighted by Crippen LogP contribution is 2.17. The topological polar surface area (TPSA) is 87.2 Å². The quantitative estimate of drug-likeness (QED) is 0.560. The number of hydrogen-bond acceptors (Lipinski definition) is 6. The van der Waals surface area contributed by atoms with E-state index in [1.165, 1.54) is 0 Å². The maximum atomic E-state index is 12.6. The van der Waals surface area contributed by atoms with Crippen LogP contribution in [0.5, 0.6) is 0 Å². The fraction of sp³-hybridized carbons (Fsp3) is 0.188. The zero-order valence-electron chi connectivity index (χ0n) is 13.0. The molecule has 0 aromatic carbocycles. The van der Waals surface area contributed by atoms with E-state index in [4.69, 9.17) is 4.74 Å². The summed E-state index contributed by atoms with van der Waals surface area (Å²) in [7, 11) is 1.60. The summed E-state index contributed by atoms with van der Waals surface area (Å²) in [5, 5.41) is 4.98. The van der Waals surface area contributed by atoms with Gasteiger partial charge in [-0.25, -0.2) is 4.98 Å². The summed E-state index contributed by atoms with van der Waals surface area (Å²) in [6.45, 7) is 0.958. The Morgan fingerprint density at radius 3 is 2.83 bits per heavy atom. The van der Waals surface area contributed by atoms with Crippen LogP contribution in [0.4, 0.5) is 0 Å². The van der Waals surface area contributed by atoms with Crippen LogP contribution in [0.2, 0.25) is 0 Å². The van der Waals surface area contributed by atoms with E-state index in [2.05, 4.69) is 20.1 Å². The fourth-order valence-corrected chi connectivity index (χ4v) is 2.55. The molecule has 0 aliphatic rings. The lowest BCUT2D eigenvalue weighted by atomic mass is 10.3. The molecule has 0 unspecified atom stereocenters. The first-order valence-corrected chi connectivity index (χ1v) is 7.42. The number of methoxy groups -OCH3 is 1. The standard InChI is InChI=1S/C16H14N6O2/c1-24-9-8-21-7-4-13-12(15(21)23)10-18-16-19-14(20-22(13)16)11-2-5-17-6-3-11/h2-7,10H,8-9H2,1H3. The predicted octanol–water partition coefficient (Wildman–Crippen LogP) is 1.15. The lowest BCUT2D eigenvalue weighted by molar-refractivity contribution is 0.186. The summed E-state index contributed by atoms with van der Waals surface area (Å²) in [5.74, 6) is 0.990. The molecule has 4 rings (SSSR count). The minimum Gasteiger partial charge on any atom is -0.383 e. The number of nitrogens with zero attached hydrogens (tertiary/aromatic N) is 6. The molecule has 0 amide bonds. The molecule has 0 atom stereocenters. The van der Waals surface area contributed by atoms with Crippen molar-refractivity contribution in [3.05, 3.63) is 53.3 Å². The second-order valence-corrected chi connectivity index (χ2v) is 5.25. The first kappa shape index (κ1) is 14.5. The average molecular weight is 322 g/mol. The van der Waals surface area contributed by atoms with Crippen LogP contribution in [0.25, 0.3) is 28.1 Å². The lowest BCUT2D eigenvalue weighted by Crippen LogP contribution is -2.22. The molecule has 120 valence electrons. The Morgan fingerprint density at radius 2 is 2.04 bits per heavy atom. The van der Waals surface area contributed by atoms with Crippen LogP contribution in [0.1, 0.15) is 0 Å². The highest BCUT2D eigenvalue weighted by atomic mass is 16.5. The van der Waals surface area contributed by atoms with Gasteiger partial charge < -0.3 is 9.30 Å². The summed E-state index contributed by atoms with van der Waals surface area (Å²) in [6, 6.07) is 5.50. The molecule has 0 spiro atoms. The number of hydrogen-bond donors (Lipinski definition) is 0. The molecule has 4 aromatic heterocycles. The van der Waals surface area contributed by atoms with Gasteiger partial charge in [-0.05, 0) is 18.2 Å². The van der Waals surface area contributed by atoms with Crippen molar-refractivity contribution >= 4 is 16.7 Å². The molecular formula is C16H14N6O2. The average Bonchev–Trinajstić information content (AvgIpc) is 3.06. The number of pyridine rings is 2. The molecule has 0 radical (unpaired) electrons. The Morgan fingerprint density at radius 1 is 1.21 bits per heavy atom. The van der Waals surface area contributed by atoms with E-state index in [0.717, 1.165) is 5.56 Å². The molecule has 4 aromatic rings. The molecule has 0 N–H and O–H groups in total. The van der Waals surface area contributed by atoms with Crippen molar-refractivity contribution in [3.63, 3.8) is 0 Å². The van der Waals surface area contributed by atoms with Crippen molar-refractivity contribution in [2.75, 3.05) is 13.7 Å². The Hall–Kier alpha value is -3.13. The van der Waals surface area contributed by atoms with Crippen LogP contribution in [0.3, 0.4) is 0 Å². The minimum absolute atomic E-state index is 0.125. The Balaban J connectivity index is 1.90. The van der Waals surface area contributed by atoms with Gasteiger partial charge in [-0.1, -0.05) is 0 Å². The molecule has 0 saturated heterocycles. The van der Waals surface area contributed by atoms with E-state index in [9.17, 15) is 4.79 Å². The normalized spacial score (nSPS) is 11.4. The second kappa shape index (κ2) is 5.82. The maximum absolute atomic E-state index is 12.6. The van der Waals surface area contributed by atoms with Gasteiger partial charge in [-0.15, -0.1) is 5.10 Å². The van der Waals surface area contributed by atoms with Crippen LogP contribution < -0.4 is 5.56 Å². The highest BCUT2D eigenvalue weighted by molar-refractivity contribution is 5.79. The van der Waals surface area contributed by atoms with Crippen molar-refractivity contribution in [1.29, 1.82) is 0 Å². The number of rotatable bonds is 4. The molecular weight excluding hydrogens is 308 g/mol. The van der Waals surface area contributed by atoms with Crippen LogP contribution in [0, 0.1) is 0 Å². The summed E-state index contributed by atoms with van der Waals surface area (Å²) in [5.41, 5.74) is 1.39. The summed E-state index contributed by atoms with van der Waals surface area (Å²) < 4.78 is 8.22. The fourth-order valence-electron chi connectivity index (χ4n) is 2.55. The van der Waals surface area contributed by atoms with Crippen molar-refractivity contribution in [2.45, 2.75) is 6.54 Å². The minimum atomic E-state index is -0.125. The first-order valence-electron chi connectivity index (χ1n) is 7.42. The van der Waals surface area contributed by atoms with E-state index in [1.807, 2.05) is 18.2 Å². The van der Waals surface area contributed by atoms with E-state index >= 15 is 0 Å². The van der Waals surface area contributed by atoms with Gasteiger partial charge in [0.25, 0.3) is 11.3 Å². The van der Waals surface area contributed by atoms with Crippen LogP contribution >= 0.6 is 0 Å². The van der Waals surface area contributed by atoms with Gasteiger partial charge in [0, 0.05) is 44.0 Å². The molecule has 4 heterocycles. The maximum Gasteiger partial charge on any atom is 0.261 e. The number of fused-ring (bicyclic) bond motifs is 3. The predicted molar refractivity (Wildman–Crippen MR) is 87.7 cm³/mol. The lowest BCUT2D eigenvalue weighted by Gasteiger charge is -2.06.